The maximum absolute atomic E-state index is 11.6. The molecule has 0 spiro atoms. The summed E-state index contributed by atoms with van der Waals surface area (Å²) >= 11 is 4.57. The SMILES string of the molecule is CC(C)CNC(=O)CN(C)C(=O)C(=O)NCC(N)=S. The fraction of sp³-hybridized carbons (Fsp3) is 0.636. The zero-order valence-corrected chi connectivity index (χ0v) is 12.2. The zero-order valence-electron chi connectivity index (χ0n) is 11.4. The molecule has 3 amide bonds. The Hall–Kier alpha value is -1.70. The molecule has 0 atom stereocenters. The van der Waals surface area contributed by atoms with Gasteiger partial charge in [0.1, 0.15) is 0 Å². The van der Waals surface area contributed by atoms with Crippen LogP contribution in [0.25, 0.3) is 0 Å². The second-order valence-corrected chi connectivity index (χ2v) is 5.03. The number of nitrogens with zero attached hydrogens (tertiary/aromatic N) is 1. The Morgan fingerprint density at radius 2 is 1.84 bits per heavy atom. The molecule has 0 saturated carbocycles. The molecule has 0 aromatic heterocycles. The summed E-state index contributed by atoms with van der Waals surface area (Å²) in [4.78, 5) is 35.6. The Bertz CT molecular complexity index is 371. The fourth-order valence-corrected chi connectivity index (χ4v) is 1.15. The zero-order chi connectivity index (χ0) is 15.0. The monoisotopic (exact) mass is 288 g/mol. The molecule has 0 saturated heterocycles. The Kier molecular flexibility index (Phi) is 7.66. The number of rotatable bonds is 6. The molecule has 7 nitrogen and oxygen atoms in total. The Morgan fingerprint density at radius 3 is 2.32 bits per heavy atom. The number of likely N-dealkylation sites (N-methyl/N-ethyl adjacent to an activating group) is 1. The van der Waals surface area contributed by atoms with Gasteiger partial charge in [0.25, 0.3) is 0 Å². The highest BCUT2D eigenvalue weighted by molar-refractivity contribution is 7.80. The van der Waals surface area contributed by atoms with Crippen molar-refractivity contribution < 1.29 is 14.4 Å². The molecule has 0 bridgehead atoms. The van der Waals surface area contributed by atoms with Gasteiger partial charge in [-0.15, -0.1) is 0 Å². The van der Waals surface area contributed by atoms with Crippen molar-refractivity contribution in [2.24, 2.45) is 11.7 Å². The van der Waals surface area contributed by atoms with Gasteiger partial charge in [-0.2, -0.15) is 0 Å². The van der Waals surface area contributed by atoms with E-state index in [2.05, 4.69) is 22.9 Å². The van der Waals surface area contributed by atoms with Crippen molar-refractivity contribution >= 4 is 34.9 Å². The minimum atomic E-state index is -0.841. The molecule has 8 heteroatoms. The lowest BCUT2D eigenvalue weighted by Gasteiger charge is -2.16. The van der Waals surface area contributed by atoms with E-state index in [4.69, 9.17) is 5.73 Å². The molecular formula is C11H20N4O3S. The molecule has 0 aliphatic rings. The molecule has 0 unspecified atom stereocenters. The molecule has 0 heterocycles. The van der Waals surface area contributed by atoms with Crippen molar-refractivity contribution in [3.63, 3.8) is 0 Å². The van der Waals surface area contributed by atoms with Crippen LogP contribution in [-0.4, -0.2) is 54.3 Å². The van der Waals surface area contributed by atoms with Crippen LogP contribution in [0.5, 0.6) is 0 Å². The van der Waals surface area contributed by atoms with Gasteiger partial charge in [0.2, 0.25) is 5.91 Å². The van der Waals surface area contributed by atoms with E-state index in [9.17, 15) is 14.4 Å². The number of carbonyl (C=O) groups excluding carboxylic acids is 3. The number of thiocarbonyl (C=S) groups is 1. The number of nitrogens with one attached hydrogen (secondary N) is 2. The smallest absolute Gasteiger partial charge is 0.312 e. The first-order chi connectivity index (χ1) is 8.73. The maximum atomic E-state index is 11.6. The van der Waals surface area contributed by atoms with Gasteiger partial charge in [-0.25, -0.2) is 0 Å². The third kappa shape index (κ3) is 8.09. The lowest BCUT2D eigenvalue weighted by molar-refractivity contribution is -0.146. The molecule has 0 aromatic rings. The lowest BCUT2D eigenvalue weighted by Crippen LogP contribution is -2.47. The summed E-state index contributed by atoms with van der Waals surface area (Å²) in [6.07, 6.45) is 0. The largest absolute Gasteiger partial charge is 0.392 e. The molecule has 19 heavy (non-hydrogen) atoms. The molecule has 0 aliphatic carbocycles. The topological polar surface area (TPSA) is 105 Å². The van der Waals surface area contributed by atoms with Crippen LogP contribution >= 0.6 is 12.2 Å². The summed E-state index contributed by atoms with van der Waals surface area (Å²) in [5.74, 6) is -1.64. The van der Waals surface area contributed by atoms with Crippen molar-refractivity contribution in [1.82, 2.24) is 15.5 Å². The average Bonchev–Trinajstić information content (AvgIpc) is 2.32. The lowest BCUT2D eigenvalue weighted by atomic mass is 10.2. The summed E-state index contributed by atoms with van der Waals surface area (Å²) < 4.78 is 0. The predicted octanol–water partition coefficient (Wildman–Crippen LogP) is -1.38. The van der Waals surface area contributed by atoms with Gasteiger partial charge in [-0.3, -0.25) is 14.4 Å². The number of amides is 3. The second kappa shape index (κ2) is 8.41. The number of hydrogen-bond acceptors (Lipinski definition) is 4. The van der Waals surface area contributed by atoms with Crippen LogP contribution in [0, 0.1) is 5.92 Å². The second-order valence-electron chi connectivity index (χ2n) is 4.51. The molecule has 0 aromatic carbocycles. The molecule has 108 valence electrons. The molecular weight excluding hydrogens is 268 g/mol. The first-order valence-corrected chi connectivity index (χ1v) is 6.23. The van der Waals surface area contributed by atoms with Crippen molar-refractivity contribution in [3.05, 3.63) is 0 Å². The van der Waals surface area contributed by atoms with E-state index < -0.39 is 11.8 Å². The summed E-state index contributed by atoms with van der Waals surface area (Å²) in [7, 11) is 1.37. The first kappa shape index (κ1) is 17.3. The molecule has 0 fully saturated rings. The standard InChI is InChI=1S/C11H20N4O3S/c1-7(2)4-13-9(16)6-15(3)11(18)10(17)14-5-8(12)19/h7H,4-6H2,1-3H3,(H2,12,19)(H,13,16)(H,14,17). The van der Waals surface area contributed by atoms with Crippen LogP contribution in [0.4, 0.5) is 0 Å². The van der Waals surface area contributed by atoms with Crippen molar-refractivity contribution in [2.45, 2.75) is 13.8 Å². The molecule has 0 aliphatic heterocycles. The van der Waals surface area contributed by atoms with Gasteiger partial charge >= 0.3 is 11.8 Å². The van der Waals surface area contributed by atoms with Crippen molar-refractivity contribution in [1.29, 1.82) is 0 Å². The van der Waals surface area contributed by atoms with E-state index in [0.717, 1.165) is 4.90 Å². The van der Waals surface area contributed by atoms with E-state index >= 15 is 0 Å². The Balaban J connectivity index is 4.15. The van der Waals surface area contributed by atoms with E-state index in [1.165, 1.54) is 7.05 Å². The predicted molar refractivity (Wildman–Crippen MR) is 75.3 cm³/mol. The number of carbonyl (C=O) groups is 3. The minimum absolute atomic E-state index is 0.0483. The van der Waals surface area contributed by atoms with E-state index in [0.29, 0.717) is 12.5 Å². The van der Waals surface area contributed by atoms with E-state index in [1.807, 2.05) is 13.8 Å². The number of nitrogens with two attached hydrogens (primary N) is 1. The third-order valence-electron chi connectivity index (χ3n) is 2.05. The molecule has 0 radical (unpaired) electrons. The van der Waals surface area contributed by atoms with Crippen LogP contribution < -0.4 is 16.4 Å². The van der Waals surface area contributed by atoms with Gasteiger partial charge in [-0.1, -0.05) is 26.1 Å². The highest BCUT2D eigenvalue weighted by atomic mass is 32.1. The summed E-state index contributed by atoms with van der Waals surface area (Å²) in [5.41, 5.74) is 5.19. The highest BCUT2D eigenvalue weighted by Gasteiger charge is 2.20. The van der Waals surface area contributed by atoms with Crippen molar-refractivity contribution in [3.8, 4) is 0 Å². The Labute approximate surface area is 117 Å². The van der Waals surface area contributed by atoms with Crippen LogP contribution in [-0.2, 0) is 14.4 Å². The normalized spacial score (nSPS) is 9.89. The van der Waals surface area contributed by atoms with E-state index in [1.54, 1.807) is 0 Å². The van der Waals surface area contributed by atoms with Crippen molar-refractivity contribution in [2.75, 3.05) is 26.7 Å². The van der Waals surface area contributed by atoms with Crippen LogP contribution in [0.2, 0.25) is 0 Å². The quantitative estimate of drug-likeness (QED) is 0.413. The average molecular weight is 288 g/mol. The van der Waals surface area contributed by atoms with Crippen LogP contribution in [0.3, 0.4) is 0 Å². The summed E-state index contributed by atoms with van der Waals surface area (Å²) in [5, 5.41) is 4.91. The van der Waals surface area contributed by atoms with Gasteiger partial charge in [-0.05, 0) is 5.92 Å². The Morgan fingerprint density at radius 1 is 1.26 bits per heavy atom. The summed E-state index contributed by atoms with van der Waals surface area (Å²) in [6, 6.07) is 0. The first-order valence-electron chi connectivity index (χ1n) is 5.82. The molecule has 0 rings (SSSR count). The number of hydrogen-bond donors (Lipinski definition) is 3. The fourth-order valence-electron chi connectivity index (χ4n) is 1.08. The van der Waals surface area contributed by atoms with Crippen LogP contribution in [0.15, 0.2) is 0 Å². The maximum Gasteiger partial charge on any atom is 0.312 e. The van der Waals surface area contributed by atoms with Gasteiger partial charge < -0.3 is 21.3 Å². The minimum Gasteiger partial charge on any atom is -0.392 e. The van der Waals surface area contributed by atoms with Gasteiger partial charge in [0.05, 0.1) is 18.1 Å². The summed E-state index contributed by atoms with van der Waals surface area (Å²) in [6.45, 7) is 4.21. The third-order valence-corrected chi connectivity index (χ3v) is 2.20. The van der Waals surface area contributed by atoms with Gasteiger partial charge in [0.15, 0.2) is 0 Å². The van der Waals surface area contributed by atoms with E-state index in [-0.39, 0.29) is 24.0 Å². The van der Waals surface area contributed by atoms with Gasteiger partial charge in [0, 0.05) is 13.6 Å². The van der Waals surface area contributed by atoms with Crippen LogP contribution in [0.1, 0.15) is 13.8 Å². The molecule has 4 N–H and O–H groups in total. The highest BCUT2D eigenvalue weighted by Crippen LogP contribution is 1.89.